The Morgan fingerprint density at radius 2 is 2.19 bits per heavy atom. The summed E-state index contributed by atoms with van der Waals surface area (Å²) in [6, 6.07) is 5.87. The van der Waals surface area contributed by atoms with Crippen molar-refractivity contribution in [2.45, 2.75) is 20.1 Å². The first kappa shape index (κ1) is 10.8. The van der Waals surface area contributed by atoms with Gasteiger partial charge in [0.25, 0.3) is 0 Å². The molecule has 1 aliphatic heterocycles. The van der Waals surface area contributed by atoms with Crippen LogP contribution in [-0.2, 0) is 4.74 Å². The minimum atomic E-state index is -0.338. The van der Waals surface area contributed by atoms with Gasteiger partial charge in [0.1, 0.15) is 12.4 Å². The van der Waals surface area contributed by atoms with E-state index in [0.717, 1.165) is 11.3 Å². The Labute approximate surface area is 94.8 Å². The van der Waals surface area contributed by atoms with Crippen LogP contribution in [0.1, 0.15) is 11.1 Å². The molecule has 0 radical (unpaired) electrons. The van der Waals surface area contributed by atoms with Gasteiger partial charge in [0.15, 0.2) is 0 Å². The molecule has 0 saturated carbocycles. The summed E-state index contributed by atoms with van der Waals surface area (Å²) in [6.07, 6.45) is -0.664. The lowest BCUT2D eigenvalue weighted by Crippen LogP contribution is -2.34. The average Bonchev–Trinajstić information content (AvgIpc) is 2.57. The van der Waals surface area contributed by atoms with Crippen LogP contribution < -0.4 is 4.74 Å². The number of amides is 1. The summed E-state index contributed by atoms with van der Waals surface area (Å²) in [5.41, 5.74) is 2.26. The quantitative estimate of drug-likeness (QED) is 0.767. The predicted octanol–water partition coefficient (Wildman–Crippen LogP) is 2.09. The van der Waals surface area contributed by atoms with Gasteiger partial charge in [-0.15, -0.1) is 0 Å². The number of ether oxygens (including phenoxy) is 2. The minimum absolute atomic E-state index is 0.280. The fourth-order valence-corrected chi connectivity index (χ4v) is 1.59. The zero-order chi connectivity index (χ0) is 11.7. The molecule has 86 valence electrons. The van der Waals surface area contributed by atoms with E-state index in [1.165, 1.54) is 10.5 Å². The number of aryl methyl sites for hydroxylation is 1. The van der Waals surface area contributed by atoms with Crippen LogP contribution in [0.15, 0.2) is 18.2 Å². The fourth-order valence-electron chi connectivity index (χ4n) is 1.59. The molecule has 1 amide bonds. The van der Waals surface area contributed by atoms with E-state index in [0.29, 0.717) is 0 Å². The summed E-state index contributed by atoms with van der Waals surface area (Å²) in [6.45, 7) is 4.31. The number of carbonyl (C=O) groups is 1. The Morgan fingerprint density at radius 1 is 1.44 bits per heavy atom. The lowest BCUT2D eigenvalue weighted by molar-refractivity contribution is 0.0972. The molecule has 0 aliphatic carbocycles. The number of rotatable bonds is 2. The molecule has 1 aromatic carbocycles. The Balaban J connectivity index is 2.15. The molecule has 1 saturated heterocycles. The van der Waals surface area contributed by atoms with Gasteiger partial charge < -0.3 is 9.47 Å². The maximum absolute atomic E-state index is 11.2. The third-order valence-electron chi connectivity index (χ3n) is 2.89. The van der Waals surface area contributed by atoms with E-state index >= 15 is 0 Å². The second-order valence-corrected chi connectivity index (χ2v) is 3.96. The number of benzene rings is 1. The number of nitrogens with zero attached hydrogens (tertiary/aromatic N) is 1. The van der Waals surface area contributed by atoms with Crippen molar-refractivity contribution in [3.63, 3.8) is 0 Å². The number of carbonyl (C=O) groups excluding carboxylic acids is 1. The van der Waals surface area contributed by atoms with Crippen LogP contribution in [0.5, 0.6) is 5.75 Å². The summed E-state index contributed by atoms with van der Waals surface area (Å²) in [4.78, 5) is 12.6. The van der Waals surface area contributed by atoms with E-state index < -0.39 is 0 Å². The molecule has 1 atom stereocenters. The summed E-state index contributed by atoms with van der Waals surface area (Å²) in [7, 11) is 1.67. The summed E-state index contributed by atoms with van der Waals surface area (Å²) in [5, 5.41) is 0. The van der Waals surface area contributed by atoms with Gasteiger partial charge in [-0.3, -0.25) is 4.90 Å². The molecular weight excluding hydrogens is 206 g/mol. The minimum Gasteiger partial charge on any atom is -0.466 e. The first-order valence-corrected chi connectivity index (χ1v) is 5.22. The third-order valence-corrected chi connectivity index (χ3v) is 2.89. The van der Waals surface area contributed by atoms with E-state index in [1.54, 1.807) is 7.05 Å². The molecule has 1 aliphatic rings. The van der Waals surface area contributed by atoms with Crippen LogP contribution in [0, 0.1) is 13.8 Å². The summed E-state index contributed by atoms with van der Waals surface area (Å²) >= 11 is 0. The molecule has 0 aromatic heterocycles. The molecule has 2 rings (SSSR count). The predicted molar refractivity (Wildman–Crippen MR) is 59.4 cm³/mol. The molecule has 0 N–H and O–H groups in total. The van der Waals surface area contributed by atoms with Gasteiger partial charge in [-0.25, -0.2) is 4.79 Å². The highest BCUT2D eigenvalue weighted by Gasteiger charge is 2.31. The van der Waals surface area contributed by atoms with Crippen molar-refractivity contribution < 1.29 is 14.3 Å². The van der Waals surface area contributed by atoms with Crippen molar-refractivity contribution in [2.75, 3.05) is 13.7 Å². The van der Waals surface area contributed by atoms with Crippen LogP contribution in [0.4, 0.5) is 4.79 Å². The van der Waals surface area contributed by atoms with Crippen molar-refractivity contribution in [2.24, 2.45) is 0 Å². The SMILES string of the molecule is Cc1cccc(OC2COC(=O)N2C)c1C. The average molecular weight is 221 g/mol. The Kier molecular flexibility index (Phi) is 2.73. The lowest BCUT2D eigenvalue weighted by atomic mass is 10.1. The first-order chi connectivity index (χ1) is 7.59. The lowest BCUT2D eigenvalue weighted by Gasteiger charge is -2.19. The van der Waals surface area contributed by atoms with Crippen molar-refractivity contribution in [1.29, 1.82) is 0 Å². The molecule has 0 bridgehead atoms. The maximum Gasteiger partial charge on any atom is 0.412 e. The third kappa shape index (κ3) is 1.83. The van der Waals surface area contributed by atoms with E-state index in [9.17, 15) is 4.79 Å². The maximum atomic E-state index is 11.2. The largest absolute Gasteiger partial charge is 0.466 e. The van der Waals surface area contributed by atoms with Gasteiger partial charge in [0.05, 0.1) is 0 Å². The number of cyclic esters (lactones) is 1. The highest BCUT2D eigenvalue weighted by molar-refractivity contribution is 5.69. The van der Waals surface area contributed by atoms with Gasteiger partial charge in [-0.1, -0.05) is 12.1 Å². The van der Waals surface area contributed by atoms with Gasteiger partial charge >= 0.3 is 6.09 Å². The molecule has 0 spiro atoms. The molecule has 16 heavy (non-hydrogen) atoms. The van der Waals surface area contributed by atoms with Crippen molar-refractivity contribution >= 4 is 6.09 Å². The molecule has 1 aromatic rings. The van der Waals surface area contributed by atoms with E-state index in [2.05, 4.69) is 0 Å². The van der Waals surface area contributed by atoms with E-state index in [1.807, 2.05) is 32.0 Å². The highest BCUT2D eigenvalue weighted by Crippen LogP contribution is 2.23. The van der Waals surface area contributed by atoms with Crippen LogP contribution in [0.25, 0.3) is 0 Å². The van der Waals surface area contributed by atoms with Gasteiger partial charge in [0.2, 0.25) is 6.23 Å². The molecule has 1 heterocycles. The van der Waals surface area contributed by atoms with Gasteiger partial charge in [-0.05, 0) is 31.0 Å². The van der Waals surface area contributed by atoms with Crippen molar-refractivity contribution in [3.8, 4) is 5.75 Å². The zero-order valence-corrected chi connectivity index (χ0v) is 9.69. The number of likely N-dealkylation sites (N-methyl/N-ethyl adjacent to an activating group) is 1. The second-order valence-electron chi connectivity index (χ2n) is 3.96. The first-order valence-electron chi connectivity index (χ1n) is 5.22. The molecule has 4 heteroatoms. The standard InChI is InChI=1S/C12H15NO3/c1-8-5-4-6-10(9(8)2)16-11-7-15-12(14)13(11)3/h4-6,11H,7H2,1-3H3. The van der Waals surface area contributed by atoms with Crippen LogP contribution in [0.2, 0.25) is 0 Å². The normalized spacial score (nSPS) is 19.8. The van der Waals surface area contributed by atoms with E-state index in [-0.39, 0.29) is 18.9 Å². The topological polar surface area (TPSA) is 38.8 Å². The summed E-state index contributed by atoms with van der Waals surface area (Å²) < 4.78 is 10.6. The van der Waals surface area contributed by atoms with Gasteiger partial charge in [-0.2, -0.15) is 0 Å². The van der Waals surface area contributed by atoms with Crippen LogP contribution in [0.3, 0.4) is 0 Å². The van der Waals surface area contributed by atoms with Crippen molar-refractivity contribution in [3.05, 3.63) is 29.3 Å². The molecule has 1 fully saturated rings. The Hall–Kier alpha value is -1.71. The Bertz CT molecular complexity index is 417. The number of hydrogen-bond donors (Lipinski definition) is 0. The smallest absolute Gasteiger partial charge is 0.412 e. The van der Waals surface area contributed by atoms with Crippen molar-refractivity contribution in [1.82, 2.24) is 4.90 Å². The van der Waals surface area contributed by atoms with Crippen LogP contribution >= 0.6 is 0 Å². The zero-order valence-electron chi connectivity index (χ0n) is 9.69. The van der Waals surface area contributed by atoms with Gasteiger partial charge in [0, 0.05) is 7.05 Å². The molecule has 4 nitrogen and oxygen atoms in total. The highest BCUT2D eigenvalue weighted by atomic mass is 16.6. The second kappa shape index (κ2) is 4.04. The molecule has 1 unspecified atom stereocenters. The molecular formula is C12H15NO3. The number of hydrogen-bond acceptors (Lipinski definition) is 3. The summed E-state index contributed by atoms with van der Waals surface area (Å²) in [5.74, 6) is 0.801. The Morgan fingerprint density at radius 3 is 2.81 bits per heavy atom. The monoisotopic (exact) mass is 221 g/mol. The van der Waals surface area contributed by atoms with E-state index in [4.69, 9.17) is 9.47 Å². The van der Waals surface area contributed by atoms with Crippen LogP contribution in [-0.4, -0.2) is 30.9 Å². The fraction of sp³-hybridized carbons (Fsp3) is 0.417.